The van der Waals surface area contributed by atoms with Gasteiger partial charge in [0.1, 0.15) is 11.9 Å². The van der Waals surface area contributed by atoms with Crippen molar-refractivity contribution in [3.63, 3.8) is 0 Å². The monoisotopic (exact) mass is 221 g/mol. The van der Waals surface area contributed by atoms with Crippen LogP contribution in [-0.2, 0) is 17.7 Å². The first-order valence-electron chi connectivity index (χ1n) is 6.21. The van der Waals surface area contributed by atoms with Crippen LogP contribution in [0, 0.1) is 5.92 Å². The van der Waals surface area contributed by atoms with Crippen LogP contribution in [0.3, 0.4) is 0 Å². The highest BCUT2D eigenvalue weighted by molar-refractivity contribution is 5.11. The molecule has 2 unspecified atom stereocenters. The fourth-order valence-corrected chi connectivity index (χ4v) is 2.64. The van der Waals surface area contributed by atoms with Gasteiger partial charge in [0, 0.05) is 31.5 Å². The van der Waals surface area contributed by atoms with Crippen LogP contribution in [0.4, 0.5) is 0 Å². The SMILES string of the molecule is CC1CCn2c(cnc2C2CNCCO2)C1. The molecule has 16 heavy (non-hydrogen) atoms. The van der Waals surface area contributed by atoms with Crippen LogP contribution in [0.1, 0.15) is 31.0 Å². The molecule has 4 heteroatoms. The van der Waals surface area contributed by atoms with E-state index < -0.39 is 0 Å². The van der Waals surface area contributed by atoms with Crippen molar-refractivity contribution in [3.8, 4) is 0 Å². The third-order valence-electron chi connectivity index (χ3n) is 3.59. The van der Waals surface area contributed by atoms with Crippen molar-refractivity contribution in [1.82, 2.24) is 14.9 Å². The molecule has 0 radical (unpaired) electrons. The molecular formula is C12H19N3O. The topological polar surface area (TPSA) is 39.1 Å². The molecule has 0 bridgehead atoms. The van der Waals surface area contributed by atoms with Gasteiger partial charge in [-0.1, -0.05) is 6.92 Å². The molecule has 1 aromatic heterocycles. The van der Waals surface area contributed by atoms with E-state index in [1.165, 1.54) is 12.1 Å². The van der Waals surface area contributed by atoms with Gasteiger partial charge < -0.3 is 14.6 Å². The Morgan fingerprint density at radius 2 is 2.50 bits per heavy atom. The molecule has 0 aliphatic carbocycles. The second-order valence-electron chi connectivity index (χ2n) is 4.92. The van der Waals surface area contributed by atoms with E-state index in [2.05, 4.69) is 21.8 Å². The highest BCUT2D eigenvalue weighted by Gasteiger charge is 2.25. The van der Waals surface area contributed by atoms with Gasteiger partial charge in [-0.25, -0.2) is 4.98 Å². The predicted octanol–water partition coefficient (Wildman–Crippen LogP) is 1.13. The molecule has 2 aliphatic heterocycles. The second kappa shape index (κ2) is 4.18. The van der Waals surface area contributed by atoms with Crippen LogP contribution >= 0.6 is 0 Å². The number of hydrogen-bond acceptors (Lipinski definition) is 3. The number of imidazole rings is 1. The van der Waals surface area contributed by atoms with Gasteiger partial charge >= 0.3 is 0 Å². The van der Waals surface area contributed by atoms with Crippen LogP contribution < -0.4 is 5.32 Å². The normalized spacial score (nSPS) is 30.1. The molecule has 1 N–H and O–H groups in total. The summed E-state index contributed by atoms with van der Waals surface area (Å²) in [5.41, 5.74) is 1.38. The Bertz CT molecular complexity index is 368. The van der Waals surface area contributed by atoms with E-state index in [1.54, 1.807) is 0 Å². The first-order valence-corrected chi connectivity index (χ1v) is 6.21. The molecule has 0 saturated carbocycles. The van der Waals surface area contributed by atoms with Gasteiger partial charge in [0.15, 0.2) is 0 Å². The van der Waals surface area contributed by atoms with Crippen LogP contribution in [0.15, 0.2) is 6.20 Å². The van der Waals surface area contributed by atoms with Crippen molar-refractivity contribution < 1.29 is 4.74 Å². The minimum Gasteiger partial charge on any atom is -0.368 e. The zero-order chi connectivity index (χ0) is 11.0. The first-order chi connectivity index (χ1) is 7.84. The molecule has 0 aromatic carbocycles. The van der Waals surface area contributed by atoms with Crippen LogP contribution in [0.5, 0.6) is 0 Å². The van der Waals surface area contributed by atoms with E-state index in [0.29, 0.717) is 0 Å². The van der Waals surface area contributed by atoms with Gasteiger partial charge in [-0.3, -0.25) is 0 Å². The van der Waals surface area contributed by atoms with Gasteiger partial charge in [-0.2, -0.15) is 0 Å². The van der Waals surface area contributed by atoms with E-state index in [-0.39, 0.29) is 6.10 Å². The Labute approximate surface area is 96.0 Å². The lowest BCUT2D eigenvalue weighted by atomic mass is 9.98. The van der Waals surface area contributed by atoms with Crippen molar-refractivity contribution in [3.05, 3.63) is 17.7 Å². The smallest absolute Gasteiger partial charge is 0.139 e. The highest BCUT2D eigenvalue weighted by atomic mass is 16.5. The molecule has 88 valence electrons. The lowest BCUT2D eigenvalue weighted by Gasteiger charge is -2.27. The van der Waals surface area contributed by atoms with Gasteiger partial charge in [-0.15, -0.1) is 0 Å². The first kappa shape index (κ1) is 10.3. The van der Waals surface area contributed by atoms with E-state index in [0.717, 1.165) is 44.4 Å². The summed E-state index contributed by atoms with van der Waals surface area (Å²) in [6.45, 7) is 6.07. The van der Waals surface area contributed by atoms with Gasteiger partial charge in [0.05, 0.1) is 6.61 Å². The maximum absolute atomic E-state index is 5.77. The number of nitrogens with zero attached hydrogens (tertiary/aromatic N) is 2. The predicted molar refractivity (Wildman–Crippen MR) is 61.3 cm³/mol. The summed E-state index contributed by atoms with van der Waals surface area (Å²) in [7, 11) is 0. The summed E-state index contributed by atoms with van der Waals surface area (Å²) in [4.78, 5) is 4.55. The Morgan fingerprint density at radius 1 is 1.56 bits per heavy atom. The fraction of sp³-hybridized carbons (Fsp3) is 0.750. The van der Waals surface area contributed by atoms with E-state index >= 15 is 0 Å². The van der Waals surface area contributed by atoms with Gasteiger partial charge in [0.2, 0.25) is 0 Å². The Balaban J connectivity index is 1.85. The number of rotatable bonds is 1. The minimum absolute atomic E-state index is 0.149. The molecule has 1 fully saturated rings. The number of ether oxygens (including phenoxy) is 1. The van der Waals surface area contributed by atoms with E-state index in [1.807, 2.05) is 6.20 Å². The molecule has 0 amide bonds. The Morgan fingerprint density at radius 3 is 3.31 bits per heavy atom. The Hall–Kier alpha value is -0.870. The summed E-state index contributed by atoms with van der Waals surface area (Å²) < 4.78 is 8.13. The minimum atomic E-state index is 0.149. The molecule has 2 atom stereocenters. The molecule has 3 rings (SSSR count). The summed E-state index contributed by atoms with van der Waals surface area (Å²) >= 11 is 0. The van der Waals surface area contributed by atoms with E-state index in [9.17, 15) is 0 Å². The summed E-state index contributed by atoms with van der Waals surface area (Å²) in [5, 5.41) is 3.36. The third-order valence-corrected chi connectivity index (χ3v) is 3.59. The van der Waals surface area contributed by atoms with Crippen molar-refractivity contribution in [1.29, 1.82) is 0 Å². The van der Waals surface area contributed by atoms with Crippen LogP contribution in [0.2, 0.25) is 0 Å². The number of aromatic nitrogens is 2. The maximum Gasteiger partial charge on any atom is 0.139 e. The molecule has 4 nitrogen and oxygen atoms in total. The number of fused-ring (bicyclic) bond motifs is 1. The lowest BCUT2D eigenvalue weighted by Crippen LogP contribution is -2.35. The number of hydrogen-bond donors (Lipinski definition) is 1. The fourth-order valence-electron chi connectivity index (χ4n) is 2.64. The van der Waals surface area contributed by atoms with Crippen molar-refractivity contribution in [2.75, 3.05) is 19.7 Å². The number of nitrogens with one attached hydrogen (secondary N) is 1. The zero-order valence-electron chi connectivity index (χ0n) is 9.78. The van der Waals surface area contributed by atoms with Gasteiger partial charge in [0.25, 0.3) is 0 Å². The second-order valence-corrected chi connectivity index (χ2v) is 4.92. The largest absolute Gasteiger partial charge is 0.368 e. The van der Waals surface area contributed by atoms with Crippen molar-refractivity contribution in [2.45, 2.75) is 32.4 Å². The molecule has 3 heterocycles. The highest BCUT2D eigenvalue weighted by Crippen LogP contribution is 2.25. The molecule has 0 spiro atoms. The van der Waals surface area contributed by atoms with Gasteiger partial charge in [-0.05, 0) is 18.8 Å². The average Bonchev–Trinajstić information content (AvgIpc) is 2.73. The van der Waals surface area contributed by atoms with Crippen molar-refractivity contribution >= 4 is 0 Å². The maximum atomic E-state index is 5.77. The molecular weight excluding hydrogens is 202 g/mol. The summed E-state index contributed by atoms with van der Waals surface area (Å²) in [5.74, 6) is 1.91. The lowest BCUT2D eigenvalue weighted by molar-refractivity contribution is 0.0193. The molecule has 1 aromatic rings. The Kier molecular flexibility index (Phi) is 2.69. The van der Waals surface area contributed by atoms with Crippen LogP contribution in [0.25, 0.3) is 0 Å². The zero-order valence-corrected chi connectivity index (χ0v) is 9.78. The standard InChI is InChI=1S/C12H19N3O/c1-9-2-4-15-10(6-9)7-14-12(15)11-8-13-3-5-16-11/h7,9,11,13H,2-6,8H2,1H3. The number of morpholine rings is 1. The summed E-state index contributed by atoms with van der Waals surface area (Å²) in [6.07, 6.45) is 4.60. The molecule has 2 aliphatic rings. The average molecular weight is 221 g/mol. The van der Waals surface area contributed by atoms with E-state index in [4.69, 9.17) is 4.74 Å². The third kappa shape index (κ3) is 1.76. The molecule has 1 saturated heterocycles. The van der Waals surface area contributed by atoms with Crippen LogP contribution in [-0.4, -0.2) is 29.2 Å². The summed E-state index contributed by atoms with van der Waals surface area (Å²) in [6, 6.07) is 0. The quantitative estimate of drug-likeness (QED) is 0.772. The van der Waals surface area contributed by atoms with Crippen molar-refractivity contribution in [2.24, 2.45) is 5.92 Å².